The van der Waals surface area contributed by atoms with E-state index >= 15 is 0 Å². The van der Waals surface area contributed by atoms with Gasteiger partial charge in [-0.2, -0.15) is 0 Å². The van der Waals surface area contributed by atoms with Crippen LogP contribution in [0.1, 0.15) is 49.8 Å². The molecule has 0 N–H and O–H groups in total. The highest BCUT2D eigenvalue weighted by molar-refractivity contribution is 6.30. The Balaban J connectivity index is 2.09. The van der Waals surface area contributed by atoms with Gasteiger partial charge in [0.15, 0.2) is 0 Å². The highest BCUT2D eigenvalue weighted by atomic mass is 35.5. The first-order valence-electron chi connectivity index (χ1n) is 6.33. The number of hydrogen-bond donors (Lipinski definition) is 0. The summed E-state index contributed by atoms with van der Waals surface area (Å²) in [6.45, 7) is 5.49. The first-order chi connectivity index (χ1) is 8.09. The quantitative estimate of drug-likeness (QED) is 0.728. The van der Waals surface area contributed by atoms with Gasteiger partial charge in [0.2, 0.25) is 0 Å². The van der Waals surface area contributed by atoms with Crippen LogP contribution in [0.5, 0.6) is 0 Å². The van der Waals surface area contributed by atoms with E-state index in [1.54, 1.807) is 6.07 Å². The summed E-state index contributed by atoms with van der Waals surface area (Å²) in [5, 5.41) is 0.271. The molecule has 1 aliphatic carbocycles. The van der Waals surface area contributed by atoms with Crippen molar-refractivity contribution in [3.63, 3.8) is 0 Å². The Morgan fingerprint density at radius 1 is 1.41 bits per heavy atom. The highest BCUT2D eigenvalue weighted by Crippen LogP contribution is 2.51. The maximum atomic E-state index is 14.1. The summed E-state index contributed by atoms with van der Waals surface area (Å²) in [6, 6.07) is 4.64. The molecule has 0 unspecified atom stereocenters. The molecule has 1 aromatic rings. The molecule has 1 fully saturated rings. The van der Waals surface area contributed by atoms with Crippen LogP contribution in [0, 0.1) is 5.82 Å². The van der Waals surface area contributed by atoms with E-state index in [2.05, 4.69) is 18.7 Å². The molecular weight excluding hydrogens is 237 g/mol. The zero-order chi connectivity index (χ0) is 12.2. The van der Waals surface area contributed by atoms with Gasteiger partial charge in [0, 0.05) is 12.1 Å². The normalized spacial score (nSPS) is 27.6. The van der Waals surface area contributed by atoms with Crippen LogP contribution in [0.25, 0.3) is 0 Å². The first-order valence-corrected chi connectivity index (χ1v) is 6.71. The molecule has 2 aliphatic rings. The van der Waals surface area contributed by atoms with Gasteiger partial charge in [0.05, 0.1) is 5.02 Å². The van der Waals surface area contributed by atoms with Gasteiger partial charge in [-0.15, -0.1) is 0 Å². The van der Waals surface area contributed by atoms with Crippen LogP contribution in [0.4, 0.5) is 4.39 Å². The van der Waals surface area contributed by atoms with Crippen molar-refractivity contribution in [2.75, 3.05) is 6.54 Å². The molecule has 1 aromatic carbocycles. The minimum absolute atomic E-state index is 0.178. The number of likely N-dealkylation sites (tertiary alicyclic amines) is 1. The second-order valence-electron chi connectivity index (χ2n) is 5.43. The number of halogens is 2. The van der Waals surface area contributed by atoms with Gasteiger partial charge < -0.3 is 0 Å². The third-order valence-electron chi connectivity index (χ3n) is 4.24. The molecule has 92 valence electrons. The molecule has 1 aliphatic heterocycles. The van der Waals surface area contributed by atoms with Crippen LogP contribution in [0.15, 0.2) is 12.1 Å². The maximum Gasteiger partial charge on any atom is 0.145 e. The molecule has 0 spiro atoms. The fourth-order valence-electron chi connectivity index (χ4n) is 3.46. The van der Waals surface area contributed by atoms with E-state index in [0.717, 1.165) is 24.9 Å². The summed E-state index contributed by atoms with van der Waals surface area (Å²) in [5.74, 6) is 0.200. The molecule has 17 heavy (non-hydrogen) atoms. The van der Waals surface area contributed by atoms with Crippen LogP contribution in [-0.2, 0) is 0 Å². The Labute approximate surface area is 107 Å². The molecule has 1 saturated heterocycles. The number of nitrogens with zero attached hydrogens (tertiary/aromatic N) is 1. The zero-order valence-electron chi connectivity index (χ0n) is 10.2. The number of benzene rings is 1. The van der Waals surface area contributed by atoms with Crippen LogP contribution in [0.3, 0.4) is 0 Å². The van der Waals surface area contributed by atoms with Crippen LogP contribution >= 0.6 is 11.6 Å². The van der Waals surface area contributed by atoms with Crippen molar-refractivity contribution in [3.05, 3.63) is 34.1 Å². The molecule has 0 aromatic heterocycles. The summed E-state index contributed by atoms with van der Waals surface area (Å²) in [7, 11) is 0. The van der Waals surface area contributed by atoms with E-state index in [0.29, 0.717) is 18.0 Å². The second-order valence-corrected chi connectivity index (χ2v) is 5.84. The first kappa shape index (κ1) is 11.5. The minimum atomic E-state index is -0.178. The van der Waals surface area contributed by atoms with E-state index in [4.69, 9.17) is 11.6 Å². The molecule has 3 rings (SSSR count). The van der Waals surface area contributed by atoms with Gasteiger partial charge in [-0.05, 0) is 56.3 Å². The van der Waals surface area contributed by atoms with Gasteiger partial charge in [-0.3, -0.25) is 4.90 Å². The lowest BCUT2D eigenvalue weighted by molar-refractivity contribution is 0.116. The van der Waals surface area contributed by atoms with Gasteiger partial charge >= 0.3 is 0 Å². The Morgan fingerprint density at radius 2 is 2.18 bits per heavy atom. The maximum absolute atomic E-state index is 14.1. The molecule has 0 amide bonds. The van der Waals surface area contributed by atoms with Gasteiger partial charge in [0.1, 0.15) is 5.82 Å². The standard InChI is InChI=1S/C14H17ClFN/c1-8(2)17-6-5-9-7-12(17)10-3-4-11(15)14(16)13(9)10/h3-4,8-9,12H,5-7H2,1-2H3/t9-,12+/m0/s1. The zero-order valence-corrected chi connectivity index (χ0v) is 11.0. The molecule has 2 atom stereocenters. The van der Waals surface area contributed by atoms with Crippen molar-refractivity contribution in [1.29, 1.82) is 0 Å². The Hall–Kier alpha value is -0.600. The third-order valence-corrected chi connectivity index (χ3v) is 4.53. The van der Waals surface area contributed by atoms with Crippen LogP contribution in [0.2, 0.25) is 5.02 Å². The summed E-state index contributed by atoms with van der Waals surface area (Å²) < 4.78 is 14.1. The molecule has 1 nitrogen and oxygen atoms in total. The lowest BCUT2D eigenvalue weighted by Crippen LogP contribution is -2.37. The number of fused-ring (bicyclic) bond motifs is 5. The fourth-order valence-corrected chi connectivity index (χ4v) is 3.62. The molecule has 1 heterocycles. The predicted octanol–water partition coefficient (Wildman–Crippen LogP) is 4.12. The molecule has 2 bridgehead atoms. The van der Waals surface area contributed by atoms with Crippen molar-refractivity contribution >= 4 is 11.6 Å². The fraction of sp³-hybridized carbons (Fsp3) is 0.571. The molecular formula is C14H17ClFN. The van der Waals surface area contributed by atoms with E-state index in [1.165, 1.54) is 5.56 Å². The predicted molar refractivity (Wildman–Crippen MR) is 68.0 cm³/mol. The number of rotatable bonds is 1. The molecule has 0 saturated carbocycles. The van der Waals surface area contributed by atoms with E-state index in [9.17, 15) is 4.39 Å². The Morgan fingerprint density at radius 3 is 2.88 bits per heavy atom. The number of hydrogen-bond acceptors (Lipinski definition) is 1. The second kappa shape index (κ2) is 3.96. The van der Waals surface area contributed by atoms with Crippen molar-refractivity contribution < 1.29 is 4.39 Å². The smallest absolute Gasteiger partial charge is 0.145 e. The highest BCUT2D eigenvalue weighted by Gasteiger charge is 2.41. The van der Waals surface area contributed by atoms with Gasteiger partial charge in [-0.1, -0.05) is 17.7 Å². The summed E-state index contributed by atoms with van der Waals surface area (Å²) in [6.07, 6.45) is 2.11. The average Bonchev–Trinajstić information content (AvgIpc) is 2.58. The van der Waals surface area contributed by atoms with Crippen molar-refractivity contribution in [1.82, 2.24) is 4.90 Å². The monoisotopic (exact) mass is 253 g/mol. The Kier molecular flexibility index (Phi) is 2.68. The Bertz CT molecular complexity index is 458. The number of piperidine rings is 1. The van der Waals surface area contributed by atoms with Crippen LogP contribution < -0.4 is 0 Å². The lowest BCUT2D eigenvalue weighted by Gasteiger charge is -2.36. The molecule has 3 heteroatoms. The summed E-state index contributed by atoms with van der Waals surface area (Å²) in [4.78, 5) is 2.48. The minimum Gasteiger partial charge on any atom is -0.294 e. The van der Waals surface area contributed by atoms with Crippen molar-refractivity contribution in [2.24, 2.45) is 0 Å². The van der Waals surface area contributed by atoms with Gasteiger partial charge in [-0.25, -0.2) is 4.39 Å². The largest absolute Gasteiger partial charge is 0.294 e. The topological polar surface area (TPSA) is 3.24 Å². The molecule has 0 radical (unpaired) electrons. The lowest BCUT2D eigenvalue weighted by atomic mass is 9.94. The van der Waals surface area contributed by atoms with Crippen LogP contribution in [-0.4, -0.2) is 17.5 Å². The summed E-state index contributed by atoms with van der Waals surface area (Å²) in [5.41, 5.74) is 2.06. The van der Waals surface area contributed by atoms with E-state index in [1.807, 2.05) is 6.07 Å². The van der Waals surface area contributed by atoms with Crippen molar-refractivity contribution in [2.45, 2.75) is 44.7 Å². The third kappa shape index (κ3) is 1.61. The van der Waals surface area contributed by atoms with Gasteiger partial charge in [0.25, 0.3) is 0 Å². The van der Waals surface area contributed by atoms with E-state index < -0.39 is 0 Å². The SMILES string of the molecule is CC(C)N1CC[C@H]2C[C@@H]1c1ccc(Cl)c(F)c12. The average molecular weight is 254 g/mol. The summed E-state index contributed by atoms with van der Waals surface area (Å²) >= 11 is 5.89. The van der Waals surface area contributed by atoms with Crippen molar-refractivity contribution in [3.8, 4) is 0 Å². The van der Waals surface area contributed by atoms with E-state index in [-0.39, 0.29) is 10.8 Å².